The van der Waals surface area contributed by atoms with Crippen molar-refractivity contribution in [2.75, 3.05) is 49.9 Å². The second-order valence-corrected chi connectivity index (χ2v) is 7.00. The minimum absolute atomic E-state index is 0.508. The van der Waals surface area contributed by atoms with Gasteiger partial charge in [0.2, 0.25) is 0 Å². The van der Waals surface area contributed by atoms with Crippen molar-refractivity contribution >= 4 is 21.6 Å². The summed E-state index contributed by atoms with van der Waals surface area (Å²) in [6.45, 7) is 7.13. The molecule has 1 saturated heterocycles. The molecule has 1 aromatic carbocycles. The summed E-state index contributed by atoms with van der Waals surface area (Å²) in [6, 6.07) is 7.70. The molecule has 0 aromatic heterocycles. The van der Waals surface area contributed by atoms with Crippen molar-refractivity contribution < 1.29 is 8.42 Å². The van der Waals surface area contributed by atoms with Crippen LogP contribution >= 0.6 is 0 Å². The number of nitrogens with two attached hydrogens (primary N) is 1. The maximum atomic E-state index is 12.5. The van der Waals surface area contributed by atoms with Gasteiger partial charge in [0, 0.05) is 50.6 Å². The van der Waals surface area contributed by atoms with Crippen LogP contribution in [0.3, 0.4) is 0 Å². The fraction of sp³-hybridized carbons (Fsp3) is 0.571. The maximum Gasteiger partial charge on any atom is 0.282 e. The number of nitrogens with zero attached hydrogens (tertiary/aromatic N) is 3. The number of nitrogen functional groups attached to an aromatic ring is 1. The van der Waals surface area contributed by atoms with Gasteiger partial charge >= 0.3 is 0 Å². The molecule has 0 amide bonds. The zero-order valence-corrected chi connectivity index (χ0v) is 13.5. The molecule has 2 N–H and O–H groups in total. The van der Waals surface area contributed by atoms with E-state index in [1.165, 1.54) is 4.31 Å². The van der Waals surface area contributed by atoms with Crippen molar-refractivity contribution in [2.24, 2.45) is 0 Å². The molecule has 1 aromatic rings. The van der Waals surface area contributed by atoms with Crippen molar-refractivity contribution in [3.63, 3.8) is 0 Å². The first kappa shape index (κ1) is 16.1. The van der Waals surface area contributed by atoms with Crippen LogP contribution in [-0.2, 0) is 10.2 Å². The summed E-state index contributed by atoms with van der Waals surface area (Å²) in [5, 5.41) is 0. The molecule has 6 nitrogen and oxygen atoms in total. The molecule has 0 aliphatic carbocycles. The molecule has 1 fully saturated rings. The molecule has 118 valence electrons. The van der Waals surface area contributed by atoms with Crippen LogP contribution in [0.15, 0.2) is 24.3 Å². The Morgan fingerprint density at radius 2 is 1.76 bits per heavy atom. The number of hydrogen-bond acceptors (Lipinski definition) is 4. The third-order valence-electron chi connectivity index (χ3n) is 3.83. The highest BCUT2D eigenvalue weighted by Gasteiger charge is 2.30. The first-order valence-electron chi connectivity index (χ1n) is 7.34. The van der Waals surface area contributed by atoms with E-state index in [0.29, 0.717) is 39.3 Å². The number of benzene rings is 1. The summed E-state index contributed by atoms with van der Waals surface area (Å²) in [7, 11) is -3.32. The summed E-state index contributed by atoms with van der Waals surface area (Å²) in [5.41, 5.74) is 7.58. The minimum Gasteiger partial charge on any atom is -0.399 e. The third kappa shape index (κ3) is 3.48. The van der Waals surface area contributed by atoms with E-state index in [2.05, 4.69) is 4.90 Å². The van der Waals surface area contributed by atoms with E-state index in [9.17, 15) is 8.42 Å². The SMILES string of the molecule is CCN(CC)S(=O)(=O)N1CCN(c2cccc(N)c2)CC1. The Labute approximate surface area is 127 Å². The van der Waals surface area contributed by atoms with E-state index < -0.39 is 10.2 Å². The number of anilines is 2. The molecule has 21 heavy (non-hydrogen) atoms. The van der Waals surface area contributed by atoms with Crippen molar-refractivity contribution in [2.45, 2.75) is 13.8 Å². The first-order chi connectivity index (χ1) is 9.98. The lowest BCUT2D eigenvalue weighted by molar-refractivity contribution is 0.334. The Balaban J connectivity index is 2.03. The van der Waals surface area contributed by atoms with Gasteiger partial charge in [0.05, 0.1) is 0 Å². The summed E-state index contributed by atoms with van der Waals surface area (Å²) < 4.78 is 28.0. The lowest BCUT2D eigenvalue weighted by Gasteiger charge is -2.37. The molecule has 2 rings (SSSR count). The lowest BCUT2D eigenvalue weighted by atomic mass is 10.2. The van der Waals surface area contributed by atoms with E-state index in [1.54, 1.807) is 4.31 Å². The monoisotopic (exact) mass is 312 g/mol. The molecule has 0 radical (unpaired) electrons. The average Bonchev–Trinajstić information content (AvgIpc) is 2.48. The number of hydrogen-bond donors (Lipinski definition) is 1. The Kier molecular flexibility index (Phi) is 5.08. The smallest absolute Gasteiger partial charge is 0.282 e. The number of piperazine rings is 1. The van der Waals surface area contributed by atoms with E-state index in [0.717, 1.165) is 11.4 Å². The summed E-state index contributed by atoms with van der Waals surface area (Å²) >= 11 is 0. The third-order valence-corrected chi connectivity index (χ3v) is 6.02. The van der Waals surface area contributed by atoms with Crippen LogP contribution in [0, 0.1) is 0 Å². The van der Waals surface area contributed by atoms with Gasteiger partial charge in [-0.1, -0.05) is 19.9 Å². The van der Waals surface area contributed by atoms with Crippen molar-refractivity contribution in [3.8, 4) is 0 Å². The van der Waals surface area contributed by atoms with Crippen molar-refractivity contribution in [1.29, 1.82) is 0 Å². The molecule has 0 bridgehead atoms. The standard InChI is InChI=1S/C14H24N4O2S/c1-3-17(4-2)21(19,20)18-10-8-16(9-11-18)14-7-5-6-13(15)12-14/h5-7,12H,3-4,8-11,15H2,1-2H3. The Morgan fingerprint density at radius 3 is 2.29 bits per heavy atom. The van der Waals surface area contributed by atoms with E-state index in [4.69, 9.17) is 5.73 Å². The molecule has 0 atom stereocenters. The normalized spacial score (nSPS) is 17.4. The fourth-order valence-electron chi connectivity index (χ4n) is 2.61. The van der Waals surface area contributed by atoms with Gasteiger partial charge in [-0.15, -0.1) is 0 Å². The van der Waals surface area contributed by atoms with Crippen LogP contribution in [0.5, 0.6) is 0 Å². The predicted octanol–water partition coefficient (Wildman–Crippen LogP) is 0.977. The molecule has 0 unspecified atom stereocenters. The Bertz CT molecular complexity index is 564. The van der Waals surface area contributed by atoms with Crippen LogP contribution in [0.25, 0.3) is 0 Å². The molecular weight excluding hydrogens is 288 g/mol. The summed E-state index contributed by atoms with van der Waals surface area (Å²) in [6.07, 6.45) is 0. The molecular formula is C14H24N4O2S. The van der Waals surface area contributed by atoms with Crippen LogP contribution in [0.1, 0.15) is 13.8 Å². The molecule has 0 spiro atoms. The minimum atomic E-state index is -3.32. The Morgan fingerprint density at radius 1 is 1.14 bits per heavy atom. The molecule has 1 aliphatic heterocycles. The van der Waals surface area contributed by atoms with Gasteiger partial charge in [0.1, 0.15) is 0 Å². The van der Waals surface area contributed by atoms with Crippen LogP contribution in [0.4, 0.5) is 11.4 Å². The highest BCUT2D eigenvalue weighted by molar-refractivity contribution is 7.86. The zero-order chi connectivity index (χ0) is 15.5. The predicted molar refractivity (Wildman–Crippen MR) is 86.5 cm³/mol. The Hall–Kier alpha value is -1.31. The van der Waals surface area contributed by atoms with E-state index >= 15 is 0 Å². The quantitative estimate of drug-likeness (QED) is 0.823. The van der Waals surface area contributed by atoms with Crippen LogP contribution in [-0.4, -0.2) is 56.3 Å². The van der Waals surface area contributed by atoms with E-state index in [-0.39, 0.29) is 0 Å². The fourth-order valence-corrected chi connectivity index (χ4v) is 4.22. The average molecular weight is 312 g/mol. The zero-order valence-electron chi connectivity index (χ0n) is 12.7. The van der Waals surface area contributed by atoms with E-state index in [1.807, 2.05) is 38.1 Å². The van der Waals surface area contributed by atoms with Gasteiger partial charge in [-0.25, -0.2) is 0 Å². The highest BCUT2D eigenvalue weighted by atomic mass is 32.2. The van der Waals surface area contributed by atoms with Gasteiger partial charge in [-0.2, -0.15) is 17.0 Å². The second kappa shape index (κ2) is 6.64. The van der Waals surface area contributed by atoms with Crippen LogP contribution < -0.4 is 10.6 Å². The summed E-state index contributed by atoms with van der Waals surface area (Å²) in [4.78, 5) is 2.17. The summed E-state index contributed by atoms with van der Waals surface area (Å²) in [5.74, 6) is 0. The first-order valence-corrected chi connectivity index (χ1v) is 8.74. The van der Waals surface area contributed by atoms with Crippen molar-refractivity contribution in [1.82, 2.24) is 8.61 Å². The lowest BCUT2D eigenvalue weighted by Crippen LogP contribution is -2.53. The van der Waals surface area contributed by atoms with Gasteiger partial charge in [-0.3, -0.25) is 0 Å². The second-order valence-electron chi connectivity index (χ2n) is 5.07. The molecule has 1 aliphatic rings. The number of rotatable bonds is 5. The van der Waals surface area contributed by atoms with Gasteiger partial charge in [0.15, 0.2) is 0 Å². The highest BCUT2D eigenvalue weighted by Crippen LogP contribution is 2.20. The molecule has 7 heteroatoms. The van der Waals surface area contributed by atoms with Gasteiger partial charge < -0.3 is 10.6 Å². The maximum absolute atomic E-state index is 12.5. The van der Waals surface area contributed by atoms with Gasteiger partial charge in [-0.05, 0) is 18.2 Å². The molecule has 0 saturated carbocycles. The van der Waals surface area contributed by atoms with Gasteiger partial charge in [0.25, 0.3) is 10.2 Å². The topological polar surface area (TPSA) is 69.9 Å². The van der Waals surface area contributed by atoms with Crippen LogP contribution in [0.2, 0.25) is 0 Å². The molecule has 1 heterocycles. The van der Waals surface area contributed by atoms with Crippen molar-refractivity contribution in [3.05, 3.63) is 24.3 Å². The largest absolute Gasteiger partial charge is 0.399 e.